The fourth-order valence-corrected chi connectivity index (χ4v) is 1.93. The molecule has 0 aliphatic carbocycles. The van der Waals surface area contributed by atoms with Gasteiger partial charge < -0.3 is 5.32 Å². The van der Waals surface area contributed by atoms with Crippen molar-refractivity contribution in [2.45, 2.75) is 6.42 Å². The molecule has 21 heavy (non-hydrogen) atoms. The molecule has 0 radical (unpaired) electrons. The average molecular weight is 306 g/mol. The van der Waals surface area contributed by atoms with Crippen molar-refractivity contribution in [3.8, 4) is 0 Å². The van der Waals surface area contributed by atoms with Crippen LogP contribution in [0.1, 0.15) is 16.8 Å². The molecule has 1 aromatic heterocycles. The van der Waals surface area contributed by atoms with Crippen LogP contribution in [0, 0.1) is 0 Å². The van der Waals surface area contributed by atoms with Gasteiger partial charge in [-0.25, -0.2) is 0 Å². The van der Waals surface area contributed by atoms with E-state index in [0.717, 1.165) is 5.75 Å². The van der Waals surface area contributed by atoms with E-state index in [-0.39, 0.29) is 17.8 Å². The van der Waals surface area contributed by atoms with Crippen LogP contribution in [-0.2, 0) is 4.79 Å². The van der Waals surface area contributed by atoms with Gasteiger partial charge in [-0.05, 0) is 29.7 Å². The normalized spacial score (nSPS) is 10.1. The second-order valence-electron chi connectivity index (χ2n) is 4.06. The summed E-state index contributed by atoms with van der Waals surface area (Å²) in [6.07, 6.45) is 2.37. The molecule has 0 saturated carbocycles. The van der Waals surface area contributed by atoms with Gasteiger partial charge in [0.15, 0.2) is 0 Å². The Balaban J connectivity index is 2.00. The minimum Gasteiger partial charge on any atom is -0.326 e. The molecule has 2 rings (SSSR count). The molecule has 0 spiro atoms. The fourth-order valence-electron chi connectivity index (χ4n) is 1.54. The van der Waals surface area contributed by atoms with Gasteiger partial charge in [0, 0.05) is 23.4 Å². The topological polar surface area (TPSA) is 113 Å². The molecule has 1 heterocycles. The first-order valence-electron chi connectivity index (χ1n) is 6.12. The highest BCUT2D eigenvalue weighted by molar-refractivity contribution is 7.98. The van der Waals surface area contributed by atoms with Crippen molar-refractivity contribution >= 4 is 35.2 Å². The number of carbonyl (C=O) groups excluding carboxylic acids is 2. The number of H-pyrrole nitrogens is 1. The van der Waals surface area contributed by atoms with Gasteiger partial charge in [-0.2, -0.15) is 17.0 Å². The summed E-state index contributed by atoms with van der Waals surface area (Å²) in [5.74, 6) is 0.384. The second kappa shape index (κ2) is 7.39. The Labute approximate surface area is 125 Å². The molecule has 0 atom stereocenters. The average Bonchev–Trinajstić information content (AvgIpc) is 2.98. The SMILES string of the molecule is CSCCC(=O)Nc1cccc(C(=O)Nc2nn[nH]n2)c1. The van der Waals surface area contributed by atoms with Gasteiger partial charge in [-0.1, -0.05) is 11.2 Å². The van der Waals surface area contributed by atoms with Crippen molar-refractivity contribution < 1.29 is 9.59 Å². The van der Waals surface area contributed by atoms with Crippen LogP contribution in [0.5, 0.6) is 0 Å². The Morgan fingerprint density at radius 3 is 2.90 bits per heavy atom. The van der Waals surface area contributed by atoms with E-state index < -0.39 is 0 Å². The summed E-state index contributed by atoms with van der Waals surface area (Å²) in [6.45, 7) is 0. The van der Waals surface area contributed by atoms with Crippen LogP contribution in [0.3, 0.4) is 0 Å². The molecule has 3 N–H and O–H groups in total. The summed E-state index contributed by atoms with van der Waals surface area (Å²) in [5, 5.41) is 18.1. The highest BCUT2D eigenvalue weighted by atomic mass is 32.2. The molecular formula is C12H14N6O2S. The van der Waals surface area contributed by atoms with E-state index in [1.165, 1.54) is 0 Å². The first-order valence-corrected chi connectivity index (χ1v) is 7.52. The van der Waals surface area contributed by atoms with Crippen molar-refractivity contribution in [2.24, 2.45) is 0 Å². The maximum absolute atomic E-state index is 12.0. The minimum absolute atomic E-state index is 0.0833. The molecule has 0 bridgehead atoms. The van der Waals surface area contributed by atoms with E-state index in [1.807, 2.05) is 6.26 Å². The minimum atomic E-state index is -0.378. The number of hydrogen-bond acceptors (Lipinski definition) is 6. The molecule has 9 heteroatoms. The lowest BCUT2D eigenvalue weighted by Crippen LogP contribution is -2.15. The number of hydrogen-bond donors (Lipinski definition) is 3. The Kier molecular flexibility index (Phi) is 5.27. The van der Waals surface area contributed by atoms with Crippen LogP contribution < -0.4 is 10.6 Å². The number of nitrogens with one attached hydrogen (secondary N) is 3. The van der Waals surface area contributed by atoms with Gasteiger partial charge in [0.25, 0.3) is 11.9 Å². The Morgan fingerprint density at radius 1 is 1.33 bits per heavy atom. The van der Waals surface area contributed by atoms with E-state index in [1.54, 1.807) is 36.0 Å². The molecule has 2 amide bonds. The zero-order valence-corrected chi connectivity index (χ0v) is 12.1. The number of nitrogens with zero attached hydrogens (tertiary/aromatic N) is 3. The van der Waals surface area contributed by atoms with Gasteiger partial charge in [-0.3, -0.25) is 14.9 Å². The molecule has 0 fully saturated rings. The fraction of sp³-hybridized carbons (Fsp3) is 0.250. The standard InChI is InChI=1S/C12H14N6O2S/c1-21-6-5-10(19)13-9-4-2-3-8(7-9)11(20)14-12-15-17-18-16-12/h2-4,7H,5-6H2,1H3,(H,13,19)(H2,14,15,16,17,18,20). The van der Waals surface area contributed by atoms with Gasteiger partial charge in [-0.15, -0.1) is 5.10 Å². The van der Waals surface area contributed by atoms with Crippen LogP contribution in [0.4, 0.5) is 11.6 Å². The molecule has 8 nitrogen and oxygen atoms in total. The van der Waals surface area contributed by atoms with E-state index in [0.29, 0.717) is 17.7 Å². The van der Waals surface area contributed by atoms with Crippen molar-refractivity contribution in [1.29, 1.82) is 0 Å². The largest absolute Gasteiger partial charge is 0.326 e. The van der Waals surface area contributed by atoms with Gasteiger partial charge in [0.1, 0.15) is 0 Å². The van der Waals surface area contributed by atoms with Crippen LogP contribution >= 0.6 is 11.8 Å². The quantitative estimate of drug-likeness (QED) is 0.737. The van der Waals surface area contributed by atoms with E-state index in [2.05, 4.69) is 31.3 Å². The summed E-state index contributed by atoms with van der Waals surface area (Å²) < 4.78 is 0. The van der Waals surface area contributed by atoms with Crippen molar-refractivity contribution in [3.05, 3.63) is 29.8 Å². The molecule has 0 saturated heterocycles. The van der Waals surface area contributed by atoms with Crippen LogP contribution in [0.2, 0.25) is 0 Å². The van der Waals surface area contributed by atoms with E-state index in [4.69, 9.17) is 0 Å². The van der Waals surface area contributed by atoms with Gasteiger partial charge >= 0.3 is 0 Å². The van der Waals surface area contributed by atoms with E-state index in [9.17, 15) is 9.59 Å². The highest BCUT2D eigenvalue weighted by Crippen LogP contribution is 2.12. The Hall–Kier alpha value is -2.42. The molecule has 0 unspecified atom stereocenters. The number of aromatic amines is 1. The summed E-state index contributed by atoms with van der Waals surface area (Å²) in [6, 6.07) is 6.64. The second-order valence-corrected chi connectivity index (χ2v) is 5.05. The van der Waals surface area contributed by atoms with E-state index >= 15 is 0 Å². The number of tetrazole rings is 1. The number of thioether (sulfide) groups is 1. The first-order chi connectivity index (χ1) is 10.2. The Morgan fingerprint density at radius 2 is 2.19 bits per heavy atom. The third-order valence-electron chi connectivity index (χ3n) is 2.51. The first kappa shape index (κ1) is 15.0. The zero-order chi connectivity index (χ0) is 15.1. The third kappa shape index (κ3) is 4.56. The summed E-state index contributed by atoms with van der Waals surface area (Å²) in [5.41, 5.74) is 0.962. The lowest BCUT2D eigenvalue weighted by molar-refractivity contribution is -0.115. The van der Waals surface area contributed by atoms with Crippen LogP contribution in [0.15, 0.2) is 24.3 Å². The van der Waals surface area contributed by atoms with Gasteiger partial charge in [0.2, 0.25) is 5.91 Å². The number of amides is 2. The smallest absolute Gasteiger partial charge is 0.270 e. The van der Waals surface area contributed by atoms with Crippen molar-refractivity contribution in [1.82, 2.24) is 20.6 Å². The van der Waals surface area contributed by atoms with Crippen molar-refractivity contribution in [2.75, 3.05) is 22.6 Å². The predicted octanol–water partition coefficient (Wildman–Crippen LogP) is 1.14. The molecule has 2 aromatic rings. The Bertz CT molecular complexity index is 616. The highest BCUT2D eigenvalue weighted by Gasteiger charge is 2.10. The predicted molar refractivity (Wildman–Crippen MR) is 80.2 cm³/mol. The summed E-state index contributed by atoms with van der Waals surface area (Å²) in [4.78, 5) is 23.6. The molecule has 110 valence electrons. The number of anilines is 2. The molecule has 0 aliphatic rings. The van der Waals surface area contributed by atoms with Crippen LogP contribution in [0.25, 0.3) is 0 Å². The zero-order valence-electron chi connectivity index (χ0n) is 11.3. The monoisotopic (exact) mass is 306 g/mol. The lowest BCUT2D eigenvalue weighted by Gasteiger charge is -2.06. The summed E-state index contributed by atoms with van der Waals surface area (Å²) >= 11 is 1.60. The maximum atomic E-state index is 12.0. The van der Waals surface area contributed by atoms with Crippen LogP contribution in [-0.4, -0.2) is 44.4 Å². The third-order valence-corrected chi connectivity index (χ3v) is 3.12. The molecule has 0 aliphatic heterocycles. The van der Waals surface area contributed by atoms with Crippen molar-refractivity contribution in [3.63, 3.8) is 0 Å². The number of benzene rings is 1. The molecular weight excluding hydrogens is 292 g/mol. The number of rotatable bonds is 6. The lowest BCUT2D eigenvalue weighted by atomic mass is 10.2. The summed E-state index contributed by atoms with van der Waals surface area (Å²) in [7, 11) is 0. The maximum Gasteiger partial charge on any atom is 0.270 e. The number of carbonyl (C=O) groups is 2. The van der Waals surface area contributed by atoms with Gasteiger partial charge in [0.05, 0.1) is 0 Å². The number of aromatic nitrogens is 4. The molecule has 1 aromatic carbocycles.